The molecule has 1 aliphatic heterocycles. The van der Waals surface area contributed by atoms with Crippen LogP contribution in [0.25, 0.3) is 5.82 Å². The SMILES string of the molecule is Cc1cc(Nc2cc(NC(=O)c3ccnc(C(C)(C)F)c3)ccc2C)n(-c2cc(NN3CCN(C)CC3)ncn2)n1. The smallest absolute Gasteiger partial charge is 0.255 e. The monoisotopic (exact) mass is 558 g/mol. The Balaban J connectivity index is 1.34. The van der Waals surface area contributed by atoms with E-state index in [-0.39, 0.29) is 11.6 Å². The van der Waals surface area contributed by atoms with Crippen LogP contribution in [-0.2, 0) is 5.67 Å². The predicted molar refractivity (Wildman–Crippen MR) is 157 cm³/mol. The Morgan fingerprint density at radius 3 is 2.51 bits per heavy atom. The first-order chi connectivity index (χ1) is 19.5. The third-order valence-electron chi connectivity index (χ3n) is 6.87. The second kappa shape index (κ2) is 11.6. The summed E-state index contributed by atoms with van der Waals surface area (Å²) >= 11 is 0. The summed E-state index contributed by atoms with van der Waals surface area (Å²) in [6.07, 6.45) is 2.96. The molecule has 0 radical (unpaired) electrons. The number of carbonyl (C=O) groups excluding carboxylic acids is 1. The Hall–Kier alpha value is -4.42. The summed E-state index contributed by atoms with van der Waals surface area (Å²) in [5.74, 6) is 1.66. The number of nitrogens with zero attached hydrogens (tertiary/aromatic N) is 7. The zero-order valence-electron chi connectivity index (χ0n) is 23.9. The first-order valence-corrected chi connectivity index (χ1v) is 13.5. The number of nitrogens with one attached hydrogen (secondary N) is 3. The standard InChI is InChI=1S/C29H35FN10O/c1-19-6-7-22(34-28(41)21-8-9-31-24(15-21)29(3,4)30)16-23(19)35-27-14-20(2)36-40(27)26-17-25(32-18-33-26)37-39-12-10-38(5)11-13-39/h6-9,14-18,35H,10-13H2,1-5H3,(H,34,41)(H,32,33,37). The Bertz CT molecular complexity index is 1540. The number of pyridine rings is 1. The molecular weight excluding hydrogens is 523 g/mol. The molecule has 0 aliphatic carbocycles. The summed E-state index contributed by atoms with van der Waals surface area (Å²) in [6.45, 7) is 10.5. The number of anilines is 4. The minimum absolute atomic E-state index is 0.201. The molecule has 0 unspecified atom stereocenters. The van der Waals surface area contributed by atoms with Gasteiger partial charge in [0.1, 0.15) is 23.6 Å². The van der Waals surface area contributed by atoms with Gasteiger partial charge in [-0.05, 0) is 64.6 Å². The fraction of sp³-hybridized carbons (Fsp3) is 0.345. The Morgan fingerprint density at radius 1 is 0.976 bits per heavy atom. The van der Waals surface area contributed by atoms with E-state index in [1.165, 1.54) is 32.4 Å². The van der Waals surface area contributed by atoms with Crippen LogP contribution in [0.1, 0.15) is 41.2 Å². The number of likely N-dealkylation sites (N-methyl/N-ethyl adjacent to an activating group) is 1. The highest BCUT2D eigenvalue weighted by molar-refractivity contribution is 6.04. The fourth-order valence-corrected chi connectivity index (χ4v) is 4.44. The van der Waals surface area contributed by atoms with Gasteiger partial charge in [-0.1, -0.05) is 6.07 Å². The largest absolute Gasteiger partial charge is 0.340 e. The molecule has 1 aromatic carbocycles. The van der Waals surface area contributed by atoms with Crippen LogP contribution in [0.3, 0.4) is 0 Å². The molecule has 12 heteroatoms. The highest BCUT2D eigenvalue weighted by Crippen LogP contribution is 2.27. The van der Waals surface area contributed by atoms with Crippen molar-refractivity contribution in [2.75, 3.05) is 49.3 Å². The van der Waals surface area contributed by atoms with Crippen molar-refractivity contribution in [1.29, 1.82) is 0 Å². The molecule has 1 aliphatic rings. The van der Waals surface area contributed by atoms with Crippen molar-refractivity contribution in [3.05, 3.63) is 77.5 Å². The van der Waals surface area contributed by atoms with E-state index in [1.807, 2.05) is 44.2 Å². The van der Waals surface area contributed by atoms with Crippen molar-refractivity contribution in [3.63, 3.8) is 0 Å². The molecule has 4 aromatic rings. The Morgan fingerprint density at radius 2 is 1.76 bits per heavy atom. The average Bonchev–Trinajstić information content (AvgIpc) is 3.31. The molecule has 1 amide bonds. The Kier molecular flexibility index (Phi) is 7.95. The molecule has 0 spiro atoms. The summed E-state index contributed by atoms with van der Waals surface area (Å²) in [5.41, 5.74) is 5.41. The van der Waals surface area contributed by atoms with Gasteiger partial charge in [0.25, 0.3) is 5.91 Å². The van der Waals surface area contributed by atoms with Gasteiger partial charge in [0.05, 0.1) is 11.4 Å². The van der Waals surface area contributed by atoms with E-state index in [9.17, 15) is 9.18 Å². The van der Waals surface area contributed by atoms with Gasteiger partial charge in [0.2, 0.25) is 0 Å². The van der Waals surface area contributed by atoms with Gasteiger partial charge in [-0.2, -0.15) is 9.78 Å². The van der Waals surface area contributed by atoms with E-state index in [0.717, 1.165) is 43.1 Å². The van der Waals surface area contributed by atoms with Crippen LogP contribution in [0, 0.1) is 13.8 Å². The lowest BCUT2D eigenvalue weighted by molar-refractivity contribution is 0.102. The number of aryl methyl sites for hydroxylation is 2. The number of amides is 1. The number of rotatable bonds is 8. The predicted octanol–water partition coefficient (Wildman–Crippen LogP) is 4.45. The maximum Gasteiger partial charge on any atom is 0.255 e. The second-order valence-corrected chi connectivity index (χ2v) is 10.8. The number of halogens is 1. The minimum Gasteiger partial charge on any atom is -0.340 e. The van der Waals surface area contributed by atoms with Crippen LogP contribution >= 0.6 is 0 Å². The maximum atomic E-state index is 14.4. The van der Waals surface area contributed by atoms with E-state index in [2.05, 4.69) is 53.1 Å². The number of hydrogen-bond donors (Lipinski definition) is 3. The molecule has 5 rings (SSSR count). The third kappa shape index (κ3) is 6.84. The van der Waals surface area contributed by atoms with Gasteiger partial charge in [-0.3, -0.25) is 9.78 Å². The first-order valence-electron chi connectivity index (χ1n) is 13.5. The fourth-order valence-electron chi connectivity index (χ4n) is 4.44. The van der Waals surface area contributed by atoms with E-state index in [0.29, 0.717) is 28.7 Å². The summed E-state index contributed by atoms with van der Waals surface area (Å²) in [5, 5.41) is 13.1. The van der Waals surface area contributed by atoms with Crippen molar-refractivity contribution in [2.24, 2.45) is 0 Å². The number of aromatic nitrogens is 5. The van der Waals surface area contributed by atoms with Crippen LogP contribution in [-0.4, -0.2) is 73.8 Å². The van der Waals surface area contributed by atoms with Gasteiger partial charge in [0.15, 0.2) is 5.82 Å². The molecule has 1 fully saturated rings. The van der Waals surface area contributed by atoms with E-state index < -0.39 is 5.67 Å². The molecule has 214 valence electrons. The number of hydrazine groups is 1. The third-order valence-corrected chi connectivity index (χ3v) is 6.87. The second-order valence-electron chi connectivity index (χ2n) is 10.8. The van der Waals surface area contributed by atoms with Crippen LogP contribution < -0.4 is 16.1 Å². The molecular formula is C29H35FN10O. The molecule has 3 N–H and O–H groups in total. The molecule has 11 nitrogen and oxygen atoms in total. The minimum atomic E-state index is -1.65. The zero-order valence-corrected chi connectivity index (χ0v) is 23.9. The molecule has 3 aromatic heterocycles. The van der Waals surface area contributed by atoms with E-state index in [4.69, 9.17) is 0 Å². The van der Waals surface area contributed by atoms with Gasteiger partial charge in [-0.25, -0.2) is 19.4 Å². The van der Waals surface area contributed by atoms with Gasteiger partial charge < -0.3 is 21.0 Å². The first kappa shape index (κ1) is 28.1. The van der Waals surface area contributed by atoms with Crippen LogP contribution in [0.4, 0.5) is 27.4 Å². The molecule has 4 heterocycles. The Labute approximate surface area is 238 Å². The van der Waals surface area contributed by atoms with Crippen LogP contribution in [0.2, 0.25) is 0 Å². The van der Waals surface area contributed by atoms with E-state index in [1.54, 1.807) is 10.7 Å². The van der Waals surface area contributed by atoms with Crippen molar-refractivity contribution >= 4 is 28.9 Å². The summed E-state index contributed by atoms with van der Waals surface area (Å²) < 4.78 is 16.1. The van der Waals surface area contributed by atoms with E-state index >= 15 is 0 Å². The lowest BCUT2D eigenvalue weighted by Gasteiger charge is -2.32. The number of piperazine rings is 1. The number of carbonyl (C=O) groups is 1. The lowest BCUT2D eigenvalue weighted by atomic mass is 10.0. The van der Waals surface area contributed by atoms with Crippen molar-refractivity contribution in [2.45, 2.75) is 33.4 Å². The normalized spacial score (nSPS) is 14.6. The summed E-state index contributed by atoms with van der Waals surface area (Å²) in [4.78, 5) is 28.2. The van der Waals surface area contributed by atoms with Gasteiger partial charge in [-0.15, -0.1) is 0 Å². The average molecular weight is 559 g/mol. The van der Waals surface area contributed by atoms with Crippen molar-refractivity contribution < 1.29 is 9.18 Å². The van der Waals surface area contributed by atoms with Gasteiger partial charge >= 0.3 is 0 Å². The lowest BCUT2D eigenvalue weighted by Crippen LogP contribution is -2.47. The van der Waals surface area contributed by atoms with Crippen molar-refractivity contribution in [3.8, 4) is 5.82 Å². The maximum absolute atomic E-state index is 14.4. The summed E-state index contributed by atoms with van der Waals surface area (Å²) in [6, 6.07) is 12.4. The topological polar surface area (TPSA) is 116 Å². The number of hydrogen-bond acceptors (Lipinski definition) is 9. The number of benzene rings is 1. The quantitative estimate of drug-likeness (QED) is 0.288. The zero-order chi connectivity index (χ0) is 29.1. The van der Waals surface area contributed by atoms with Crippen LogP contribution in [0.15, 0.2) is 55.0 Å². The van der Waals surface area contributed by atoms with Crippen molar-refractivity contribution in [1.82, 2.24) is 34.6 Å². The summed E-state index contributed by atoms with van der Waals surface area (Å²) in [7, 11) is 2.12. The van der Waals surface area contributed by atoms with Gasteiger partial charge in [0, 0.05) is 61.4 Å². The highest BCUT2D eigenvalue weighted by Gasteiger charge is 2.22. The molecule has 41 heavy (non-hydrogen) atoms. The number of alkyl halides is 1. The molecule has 1 saturated heterocycles. The molecule has 0 atom stereocenters. The highest BCUT2D eigenvalue weighted by atomic mass is 19.1. The van der Waals surface area contributed by atoms with Crippen LogP contribution in [0.5, 0.6) is 0 Å². The molecule has 0 bridgehead atoms. The molecule has 0 saturated carbocycles.